The standard InChI is InChI=1S/C19H26O6/c1-18(2)22-14-13(11-20-10-12-8-6-5-7-9-12)21-17-16(15(14)23-18)24-19(3,4)25-17/h5-9,13-17H,10-11H2,1-4H3/t13?,14-,15-,16+,17+/m1/s1. The third-order valence-electron chi connectivity index (χ3n) is 4.64. The molecule has 1 aromatic rings. The quantitative estimate of drug-likeness (QED) is 0.832. The Morgan fingerprint density at radius 1 is 0.840 bits per heavy atom. The summed E-state index contributed by atoms with van der Waals surface area (Å²) < 4.78 is 36.0. The lowest BCUT2D eigenvalue weighted by Crippen LogP contribution is -2.56. The molecule has 0 spiro atoms. The van der Waals surface area contributed by atoms with E-state index >= 15 is 0 Å². The van der Waals surface area contributed by atoms with Gasteiger partial charge in [0.05, 0.1) is 13.2 Å². The van der Waals surface area contributed by atoms with Crippen LogP contribution in [0.15, 0.2) is 30.3 Å². The molecule has 1 unspecified atom stereocenters. The van der Waals surface area contributed by atoms with Crippen molar-refractivity contribution in [1.29, 1.82) is 0 Å². The summed E-state index contributed by atoms with van der Waals surface area (Å²) in [5.41, 5.74) is 1.12. The Morgan fingerprint density at radius 3 is 2.24 bits per heavy atom. The van der Waals surface area contributed by atoms with E-state index in [2.05, 4.69) is 0 Å². The summed E-state index contributed by atoms with van der Waals surface area (Å²) in [4.78, 5) is 0. The van der Waals surface area contributed by atoms with Crippen LogP contribution in [-0.4, -0.2) is 48.9 Å². The molecule has 3 aliphatic heterocycles. The highest BCUT2D eigenvalue weighted by Crippen LogP contribution is 2.44. The molecule has 0 N–H and O–H groups in total. The molecule has 138 valence electrons. The first-order valence-corrected chi connectivity index (χ1v) is 8.81. The van der Waals surface area contributed by atoms with Crippen molar-refractivity contribution in [3.8, 4) is 0 Å². The van der Waals surface area contributed by atoms with E-state index in [1.165, 1.54) is 0 Å². The highest BCUT2D eigenvalue weighted by atomic mass is 16.9. The second-order valence-corrected chi connectivity index (χ2v) is 7.71. The van der Waals surface area contributed by atoms with Gasteiger partial charge >= 0.3 is 0 Å². The van der Waals surface area contributed by atoms with Gasteiger partial charge in [0.15, 0.2) is 17.9 Å². The van der Waals surface area contributed by atoms with Crippen LogP contribution in [0.2, 0.25) is 0 Å². The fourth-order valence-corrected chi connectivity index (χ4v) is 3.69. The van der Waals surface area contributed by atoms with Gasteiger partial charge in [-0.1, -0.05) is 30.3 Å². The molecular formula is C19H26O6. The van der Waals surface area contributed by atoms with Gasteiger partial charge in [-0.15, -0.1) is 0 Å². The van der Waals surface area contributed by atoms with Crippen LogP contribution in [0.3, 0.4) is 0 Å². The highest BCUT2D eigenvalue weighted by Gasteiger charge is 2.60. The third kappa shape index (κ3) is 3.60. The molecule has 3 fully saturated rings. The van der Waals surface area contributed by atoms with Crippen LogP contribution < -0.4 is 0 Å². The van der Waals surface area contributed by atoms with Crippen LogP contribution in [0.1, 0.15) is 33.3 Å². The number of hydrogen-bond acceptors (Lipinski definition) is 6. The smallest absolute Gasteiger partial charge is 0.190 e. The molecule has 5 atom stereocenters. The zero-order chi connectivity index (χ0) is 17.7. The largest absolute Gasteiger partial charge is 0.374 e. The van der Waals surface area contributed by atoms with Crippen LogP contribution in [0.25, 0.3) is 0 Å². The van der Waals surface area contributed by atoms with Gasteiger partial charge in [0, 0.05) is 0 Å². The monoisotopic (exact) mass is 350 g/mol. The predicted molar refractivity (Wildman–Crippen MR) is 88.6 cm³/mol. The van der Waals surface area contributed by atoms with Crippen molar-refractivity contribution in [2.45, 2.75) is 76.6 Å². The van der Waals surface area contributed by atoms with Crippen molar-refractivity contribution in [2.24, 2.45) is 0 Å². The van der Waals surface area contributed by atoms with Gasteiger partial charge in [-0.3, -0.25) is 0 Å². The molecule has 0 bridgehead atoms. The Kier molecular flexibility index (Phi) is 4.38. The molecule has 6 nitrogen and oxygen atoms in total. The average Bonchev–Trinajstić information content (AvgIpc) is 3.03. The molecule has 0 radical (unpaired) electrons. The molecule has 0 aliphatic carbocycles. The first kappa shape index (κ1) is 17.4. The van der Waals surface area contributed by atoms with Crippen molar-refractivity contribution >= 4 is 0 Å². The Morgan fingerprint density at radius 2 is 1.48 bits per heavy atom. The van der Waals surface area contributed by atoms with Crippen LogP contribution in [-0.2, 0) is 35.0 Å². The van der Waals surface area contributed by atoms with Gasteiger partial charge in [-0.05, 0) is 33.3 Å². The van der Waals surface area contributed by atoms with Gasteiger partial charge in [0.2, 0.25) is 0 Å². The van der Waals surface area contributed by atoms with Crippen LogP contribution in [0.5, 0.6) is 0 Å². The summed E-state index contributed by atoms with van der Waals surface area (Å²) in [5, 5.41) is 0. The van der Waals surface area contributed by atoms with Gasteiger partial charge in [-0.25, -0.2) is 0 Å². The number of benzene rings is 1. The minimum atomic E-state index is -0.699. The van der Waals surface area contributed by atoms with Gasteiger partial charge in [0.1, 0.15) is 24.4 Å². The van der Waals surface area contributed by atoms with E-state index in [-0.39, 0.29) is 24.4 Å². The summed E-state index contributed by atoms with van der Waals surface area (Å²) in [6.07, 6.45) is -1.52. The lowest BCUT2D eigenvalue weighted by molar-refractivity contribution is -0.243. The first-order chi connectivity index (χ1) is 11.8. The minimum absolute atomic E-state index is 0.235. The maximum atomic E-state index is 6.11. The summed E-state index contributed by atoms with van der Waals surface area (Å²) in [5.74, 6) is -1.38. The molecule has 0 saturated carbocycles. The van der Waals surface area contributed by atoms with Crippen molar-refractivity contribution in [1.82, 2.24) is 0 Å². The summed E-state index contributed by atoms with van der Waals surface area (Å²) in [6, 6.07) is 10.1. The highest BCUT2D eigenvalue weighted by molar-refractivity contribution is 5.13. The lowest BCUT2D eigenvalue weighted by Gasteiger charge is -2.37. The molecule has 3 heterocycles. The van der Waals surface area contributed by atoms with E-state index in [0.717, 1.165) is 5.56 Å². The summed E-state index contributed by atoms with van der Waals surface area (Å²) >= 11 is 0. The average molecular weight is 350 g/mol. The maximum absolute atomic E-state index is 6.11. The molecule has 0 aromatic heterocycles. The minimum Gasteiger partial charge on any atom is -0.374 e. The Hall–Kier alpha value is -1.02. The first-order valence-electron chi connectivity index (χ1n) is 8.81. The van der Waals surface area contributed by atoms with E-state index in [0.29, 0.717) is 13.2 Å². The van der Waals surface area contributed by atoms with E-state index in [1.54, 1.807) is 0 Å². The molecule has 4 rings (SSSR count). The normalized spacial score (nSPS) is 38.3. The molecular weight excluding hydrogens is 324 g/mol. The number of ether oxygens (including phenoxy) is 6. The van der Waals surface area contributed by atoms with Crippen molar-refractivity contribution in [2.75, 3.05) is 6.61 Å². The number of rotatable bonds is 4. The Labute approximate surface area is 148 Å². The fourth-order valence-electron chi connectivity index (χ4n) is 3.69. The van der Waals surface area contributed by atoms with Gasteiger partial charge in [-0.2, -0.15) is 0 Å². The van der Waals surface area contributed by atoms with E-state index < -0.39 is 17.9 Å². The van der Waals surface area contributed by atoms with Crippen molar-refractivity contribution in [3.05, 3.63) is 35.9 Å². The third-order valence-corrected chi connectivity index (χ3v) is 4.64. The van der Waals surface area contributed by atoms with Crippen molar-refractivity contribution in [3.63, 3.8) is 0 Å². The zero-order valence-electron chi connectivity index (χ0n) is 15.1. The SMILES string of the molecule is CC1(C)O[C@@H]2OC(COCc3ccccc3)[C@H]3OC(C)(C)O[C@H]3[C@@H]2O1. The van der Waals surface area contributed by atoms with Crippen molar-refractivity contribution < 1.29 is 28.4 Å². The Bertz CT molecular complexity index is 601. The van der Waals surface area contributed by atoms with Gasteiger partial charge in [0.25, 0.3) is 0 Å². The van der Waals surface area contributed by atoms with Crippen LogP contribution >= 0.6 is 0 Å². The van der Waals surface area contributed by atoms with Gasteiger partial charge < -0.3 is 28.4 Å². The number of fused-ring (bicyclic) bond motifs is 3. The maximum Gasteiger partial charge on any atom is 0.190 e. The molecule has 3 aliphatic rings. The van der Waals surface area contributed by atoms with E-state index in [9.17, 15) is 0 Å². The van der Waals surface area contributed by atoms with Crippen LogP contribution in [0, 0.1) is 0 Å². The second-order valence-electron chi connectivity index (χ2n) is 7.71. The van der Waals surface area contributed by atoms with E-state index in [4.69, 9.17) is 28.4 Å². The zero-order valence-corrected chi connectivity index (χ0v) is 15.1. The molecule has 25 heavy (non-hydrogen) atoms. The molecule has 1 aromatic carbocycles. The molecule has 0 amide bonds. The number of hydrogen-bond donors (Lipinski definition) is 0. The van der Waals surface area contributed by atoms with Crippen LogP contribution in [0.4, 0.5) is 0 Å². The summed E-state index contributed by atoms with van der Waals surface area (Å²) in [7, 11) is 0. The topological polar surface area (TPSA) is 55.4 Å². The predicted octanol–water partition coefficient (Wildman–Crippen LogP) is 2.60. The lowest BCUT2D eigenvalue weighted by atomic mass is 9.99. The molecule has 3 saturated heterocycles. The molecule has 6 heteroatoms. The fraction of sp³-hybridized carbons (Fsp3) is 0.684. The van der Waals surface area contributed by atoms with E-state index in [1.807, 2.05) is 58.0 Å². The second kappa shape index (κ2) is 6.30. The Balaban J connectivity index is 1.44. The summed E-state index contributed by atoms with van der Waals surface area (Å²) in [6.45, 7) is 8.51.